The van der Waals surface area contributed by atoms with Gasteiger partial charge in [-0.15, -0.1) is 5.10 Å². The maximum absolute atomic E-state index is 3.92. The Hall–Kier alpha value is -1.62. The highest BCUT2D eigenvalue weighted by atomic mass is 15.4. The van der Waals surface area contributed by atoms with Crippen molar-refractivity contribution >= 4 is 0 Å². The molecular formula is C12H19N5. The van der Waals surface area contributed by atoms with Crippen molar-refractivity contribution in [1.29, 1.82) is 0 Å². The molecule has 2 rings (SSSR count). The van der Waals surface area contributed by atoms with Crippen molar-refractivity contribution in [1.82, 2.24) is 24.9 Å². The van der Waals surface area contributed by atoms with Gasteiger partial charge in [0.15, 0.2) is 0 Å². The summed E-state index contributed by atoms with van der Waals surface area (Å²) in [6.45, 7) is 6.94. The number of hydrogen-bond donors (Lipinski definition) is 1. The van der Waals surface area contributed by atoms with Crippen molar-refractivity contribution in [2.75, 3.05) is 6.54 Å². The summed E-state index contributed by atoms with van der Waals surface area (Å²) in [4.78, 5) is 0. The van der Waals surface area contributed by atoms with E-state index in [2.05, 4.69) is 47.2 Å². The highest BCUT2D eigenvalue weighted by Gasteiger charge is 2.04. The van der Waals surface area contributed by atoms with Crippen LogP contribution < -0.4 is 5.32 Å². The molecule has 0 aliphatic heterocycles. The van der Waals surface area contributed by atoms with E-state index in [1.807, 2.05) is 10.9 Å². The quantitative estimate of drug-likeness (QED) is 0.784. The van der Waals surface area contributed by atoms with Gasteiger partial charge in [-0.3, -0.25) is 4.68 Å². The summed E-state index contributed by atoms with van der Waals surface area (Å²) in [7, 11) is 2.10. The summed E-state index contributed by atoms with van der Waals surface area (Å²) in [5, 5.41) is 11.1. The second-order valence-corrected chi connectivity index (χ2v) is 4.30. The average Bonchev–Trinajstić information content (AvgIpc) is 2.90. The standard InChI is InChI=1S/C12H19N5/c1-10-8-12(11(2)16(10)3)9-13-4-6-17-7-5-14-15-17/h5,7-8,13H,4,6,9H2,1-3H3. The van der Waals surface area contributed by atoms with Crippen LogP contribution in [0.4, 0.5) is 0 Å². The van der Waals surface area contributed by atoms with Gasteiger partial charge in [0.25, 0.3) is 0 Å². The van der Waals surface area contributed by atoms with Gasteiger partial charge in [-0.2, -0.15) is 0 Å². The molecule has 0 aliphatic carbocycles. The maximum atomic E-state index is 3.92. The molecule has 0 saturated heterocycles. The van der Waals surface area contributed by atoms with E-state index < -0.39 is 0 Å². The van der Waals surface area contributed by atoms with Gasteiger partial charge in [0.1, 0.15) is 0 Å². The first kappa shape index (κ1) is 11.9. The summed E-state index contributed by atoms with van der Waals surface area (Å²) in [6, 6.07) is 2.23. The van der Waals surface area contributed by atoms with Crippen LogP contribution in [0.2, 0.25) is 0 Å². The van der Waals surface area contributed by atoms with Crippen molar-refractivity contribution in [2.24, 2.45) is 7.05 Å². The van der Waals surface area contributed by atoms with Gasteiger partial charge < -0.3 is 9.88 Å². The highest BCUT2D eigenvalue weighted by molar-refractivity contribution is 5.26. The molecule has 0 fully saturated rings. The fraction of sp³-hybridized carbons (Fsp3) is 0.500. The van der Waals surface area contributed by atoms with Crippen molar-refractivity contribution in [3.8, 4) is 0 Å². The smallest absolute Gasteiger partial charge is 0.0692 e. The Kier molecular flexibility index (Phi) is 3.58. The lowest BCUT2D eigenvalue weighted by atomic mass is 10.2. The zero-order valence-electron chi connectivity index (χ0n) is 10.6. The summed E-state index contributed by atoms with van der Waals surface area (Å²) in [5.74, 6) is 0. The predicted molar refractivity (Wildman–Crippen MR) is 66.6 cm³/mol. The largest absolute Gasteiger partial charge is 0.352 e. The second-order valence-electron chi connectivity index (χ2n) is 4.30. The molecular weight excluding hydrogens is 214 g/mol. The normalized spacial score (nSPS) is 11.0. The van der Waals surface area contributed by atoms with Gasteiger partial charge in [-0.25, -0.2) is 0 Å². The molecule has 0 unspecified atom stereocenters. The van der Waals surface area contributed by atoms with E-state index >= 15 is 0 Å². The van der Waals surface area contributed by atoms with E-state index in [1.54, 1.807) is 6.20 Å². The van der Waals surface area contributed by atoms with E-state index in [0.29, 0.717) is 0 Å². The summed E-state index contributed by atoms with van der Waals surface area (Å²) >= 11 is 0. The summed E-state index contributed by atoms with van der Waals surface area (Å²) in [5.41, 5.74) is 4.00. The molecule has 5 heteroatoms. The first-order valence-electron chi connectivity index (χ1n) is 5.85. The van der Waals surface area contributed by atoms with Crippen molar-refractivity contribution in [2.45, 2.75) is 26.9 Å². The van der Waals surface area contributed by atoms with Crippen LogP contribution in [0.5, 0.6) is 0 Å². The number of nitrogens with one attached hydrogen (secondary N) is 1. The van der Waals surface area contributed by atoms with Crippen molar-refractivity contribution < 1.29 is 0 Å². The van der Waals surface area contributed by atoms with E-state index in [4.69, 9.17) is 0 Å². The van der Waals surface area contributed by atoms with Crippen LogP contribution in [0, 0.1) is 13.8 Å². The van der Waals surface area contributed by atoms with Crippen LogP contribution in [0.15, 0.2) is 18.5 Å². The second kappa shape index (κ2) is 5.14. The van der Waals surface area contributed by atoms with Gasteiger partial charge in [-0.1, -0.05) is 5.21 Å². The van der Waals surface area contributed by atoms with E-state index in [0.717, 1.165) is 19.6 Å². The average molecular weight is 233 g/mol. The van der Waals surface area contributed by atoms with E-state index in [9.17, 15) is 0 Å². The minimum atomic E-state index is 0.852. The molecule has 0 atom stereocenters. The lowest BCUT2D eigenvalue weighted by Gasteiger charge is -2.05. The molecule has 17 heavy (non-hydrogen) atoms. The molecule has 2 aromatic heterocycles. The number of rotatable bonds is 5. The zero-order chi connectivity index (χ0) is 12.3. The van der Waals surface area contributed by atoms with Crippen LogP contribution in [-0.4, -0.2) is 26.1 Å². The molecule has 5 nitrogen and oxygen atoms in total. The number of nitrogens with zero attached hydrogens (tertiary/aromatic N) is 4. The Labute approximate surface area is 101 Å². The fourth-order valence-corrected chi connectivity index (χ4v) is 1.88. The lowest BCUT2D eigenvalue weighted by Crippen LogP contribution is -2.20. The van der Waals surface area contributed by atoms with Crippen LogP contribution in [0.1, 0.15) is 17.0 Å². The Morgan fingerprint density at radius 3 is 2.76 bits per heavy atom. The molecule has 0 aliphatic rings. The SMILES string of the molecule is Cc1cc(CNCCn2ccnn2)c(C)n1C. The Morgan fingerprint density at radius 1 is 1.35 bits per heavy atom. The lowest BCUT2D eigenvalue weighted by molar-refractivity contribution is 0.539. The molecule has 0 spiro atoms. The van der Waals surface area contributed by atoms with Gasteiger partial charge in [0.2, 0.25) is 0 Å². The van der Waals surface area contributed by atoms with Crippen LogP contribution in [0.25, 0.3) is 0 Å². The summed E-state index contributed by atoms with van der Waals surface area (Å²) in [6.07, 6.45) is 3.57. The highest BCUT2D eigenvalue weighted by Crippen LogP contribution is 2.12. The zero-order valence-corrected chi connectivity index (χ0v) is 10.6. The van der Waals surface area contributed by atoms with Crippen LogP contribution in [0.3, 0.4) is 0 Å². The topological polar surface area (TPSA) is 47.7 Å². The summed E-state index contributed by atoms with van der Waals surface area (Å²) < 4.78 is 4.05. The van der Waals surface area contributed by atoms with E-state index in [-0.39, 0.29) is 0 Å². The minimum Gasteiger partial charge on any atom is -0.352 e. The first-order chi connectivity index (χ1) is 8.18. The molecule has 0 amide bonds. The number of hydrogen-bond acceptors (Lipinski definition) is 3. The fourth-order valence-electron chi connectivity index (χ4n) is 1.88. The molecule has 0 radical (unpaired) electrons. The molecule has 92 valence electrons. The number of aryl methyl sites for hydroxylation is 1. The third kappa shape index (κ3) is 2.74. The minimum absolute atomic E-state index is 0.852. The Bertz CT molecular complexity index is 469. The van der Waals surface area contributed by atoms with Crippen LogP contribution in [-0.2, 0) is 20.1 Å². The van der Waals surface area contributed by atoms with Gasteiger partial charge >= 0.3 is 0 Å². The third-order valence-corrected chi connectivity index (χ3v) is 3.19. The monoisotopic (exact) mass is 233 g/mol. The van der Waals surface area contributed by atoms with Gasteiger partial charge in [-0.05, 0) is 25.5 Å². The van der Waals surface area contributed by atoms with Crippen molar-refractivity contribution in [3.63, 3.8) is 0 Å². The predicted octanol–water partition coefficient (Wildman–Crippen LogP) is 1.02. The molecule has 1 N–H and O–H groups in total. The number of aromatic nitrogens is 4. The molecule has 0 saturated carbocycles. The van der Waals surface area contributed by atoms with Crippen LogP contribution >= 0.6 is 0 Å². The van der Waals surface area contributed by atoms with Gasteiger partial charge in [0.05, 0.1) is 12.7 Å². The molecule has 2 heterocycles. The molecule has 2 aromatic rings. The molecule has 0 bridgehead atoms. The van der Waals surface area contributed by atoms with Crippen molar-refractivity contribution in [3.05, 3.63) is 35.4 Å². The first-order valence-corrected chi connectivity index (χ1v) is 5.85. The maximum Gasteiger partial charge on any atom is 0.0692 e. The molecule has 0 aromatic carbocycles. The third-order valence-electron chi connectivity index (χ3n) is 3.19. The van der Waals surface area contributed by atoms with Gasteiger partial charge in [0, 0.05) is 37.7 Å². The Morgan fingerprint density at radius 2 is 2.18 bits per heavy atom. The van der Waals surface area contributed by atoms with E-state index in [1.165, 1.54) is 17.0 Å². The Balaban J connectivity index is 1.80.